The fraction of sp³-hybridized carbons (Fsp3) is 0.143. The number of esters is 1. The van der Waals surface area contributed by atoms with Gasteiger partial charge in [0.25, 0.3) is 0 Å². The summed E-state index contributed by atoms with van der Waals surface area (Å²) in [6.45, 7) is 1.94. The highest BCUT2D eigenvalue weighted by atomic mass is 35.5. The number of carbonyl (C=O) groups is 1. The molecule has 136 valence electrons. The summed E-state index contributed by atoms with van der Waals surface area (Å²) in [6.07, 6.45) is 0. The molecular weight excluding hydrogens is 364 g/mol. The average molecular weight is 381 g/mol. The van der Waals surface area contributed by atoms with Crippen molar-refractivity contribution < 1.29 is 13.9 Å². The van der Waals surface area contributed by atoms with E-state index in [2.05, 4.69) is 11.4 Å². The first-order chi connectivity index (χ1) is 13.2. The lowest BCUT2D eigenvalue weighted by Gasteiger charge is -2.07. The Labute approximate surface area is 162 Å². The highest BCUT2D eigenvalue weighted by molar-refractivity contribution is 6.33. The van der Waals surface area contributed by atoms with Crippen LogP contribution in [0, 0.1) is 11.3 Å². The SMILES string of the molecule is CCOC(=O)CNc1oc(-c2ccccc2)c(C#N)c1-c1ccccc1Cl. The normalized spacial score (nSPS) is 10.3. The fourth-order valence-electron chi connectivity index (χ4n) is 2.74. The molecule has 0 fully saturated rings. The van der Waals surface area contributed by atoms with Gasteiger partial charge < -0.3 is 14.5 Å². The van der Waals surface area contributed by atoms with Crippen LogP contribution in [0.5, 0.6) is 0 Å². The Hall–Kier alpha value is -3.23. The Morgan fingerprint density at radius 2 is 1.89 bits per heavy atom. The Morgan fingerprint density at radius 3 is 2.56 bits per heavy atom. The molecule has 3 rings (SSSR count). The van der Waals surface area contributed by atoms with E-state index < -0.39 is 5.97 Å². The first-order valence-electron chi connectivity index (χ1n) is 8.42. The van der Waals surface area contributed by atoms with Gasteiger partial charge in [-0.2, -0.15) is 5.26 Å². The second-order valence-electron chi connectivity index (χ2n) is 5.63. The molecule has 0 atom stereocenters. The summed E-state index contributed by atoms with van der Waals surface area (Å²) in [4.78, 5) is 11.7. The maximum absolute atomic E-state index is 11.7. The second kappa shape index (κ2) is 8.43. The monoisotopic (exact) mass is 380 g/mol. The third-order valence-electron chi connectivity index (χ3n) is 3.90. The maximum Gasteiger partial charge on any atom is 0.325 e. The molecule has 0 unspecified atom stereocenters. The lowest BCUT2D eigenvalue weighted by atomic mass is 10.00. The summed E-state index contributed by atoms with van der Waals surface area (Å²) < 4.78 is 10.9. The molecule has 27 heavy (non-hydrogen) atoms. The van der Waals surface area contributed by atoms with Crippen LogP contribution in [-0.2, 0) is 9.53 Å². The van der Waals surface area contributed by atoms with Crippen molar-refractivity contribution in [3.63, 3.8) is 0 Å². The average Bonchev–Trinajstić information content (AvgIpc) is 3.06. The lowest BCUT2D eigenvalue weighted by Crippen LogP contribution is -2.16. The minimum atomic E-state index is -0.418. The number of carbonyl (C=O) groups excluding carboxylic acids is 1. The van der Waals surface area contributed by atoms with Crippen LogP contribution >= 0.6 is 11.6 Å². The zero-order valence-corrected chi connectivity index (χ0v) is 15.4. The first-order valence-corrected chi connectivity index (χ1v) is 8.80. The Morgan fingerprint density at radius 1 is 1.19 bits per heavy atom. The van der Waals surface area contributed by atoms with E-state index in [9.17, 15) is 10.1 Å². The van der Waals surface area contributed by atoms with E-state index in [0.717, 1.165) is 5.56 Å². The van der Waals surface area contributed by atoms with E-state index in [4.69, 9.17) is 20.8 Å². The number of hydrogen-bond donors (Lipinski definition) is 1. The molecule has 5 nitrogen and oxygen atoms in total. The summed E-state index contributed by atoms with van der Waals surface area (Å²) in [6, 6.07) is 18.7. The highest BCUT2D eigenvalue weighted by Crippen LogP contribution is 2.43. The number of nitrogens with one attached hydrogen (secondary N) is 1. The van der Waals surface area contributed by atoms with Gasteiger partial charge in [0.05, 0.1) is 12.2 Å². The smallest absolute Gasteiger partial charge is 0.325 e. The molecule has 1 N–H and O–H groups in total. The standard InChI is InChI=1S/C21H17ClN2O3/c1-2-26-18(25)13-24-21-19(15-10-6-7-11-17(15)22)16(12-23)20(27-21)14-8-4-3-5-9-14/h3-11,24H,2,13H2,1H3. The molecule has 6 heteroatoms. The number of furan rings is 1. The molecule has 0 saturated heterocycles. The highest BCUT2D eigenvalue weighted by Gasteiger charge is 2.24. The molecule has 1 heterocycles. The molecule has 2 aromatic carbocycles. The first kappa shape index (κ1) is 18.6. The third kappa shape index (κ3) is 3.97. The predicted molar refractivity (Wildman–Crippen MR) is 104 cm³/mol. The largest absolute Gasteiger partial charge is 0.465 e. The summed E-state index contributed by atoms with van der Waals surface area (Å²) in [7, 11) is 0. The van der Waals surface area contributed by atoms with Crippen molar-refractivity contribution in [1.82, 2.24) is 0 Å². The van der Waals surface area contributed by atoms with Crippen LogP contribution in [0.15, 0.2) is 59.0 Å². The molecule has 0 radical (unpaired) electrons. The van der Waals surface area contributed by atoms with Gasteiger partial charge in [-0.25, -0.2) is 0 Å². The van der Waals surface area contributed by atoms with Crippen LogP contribution in [-0.4, -0.2) is 19.1 Å². The van der Waals surface area contributed by atoms with Crippen molar-refractivity contribution in [3.8, 4) is 28.5 Å². The summed E-state index contributed by atoms with van der Waals surface area (Å²) in [5, 5.41) is 13.2. The topological polar surface area (TPSA) is 75.3 Å². The van der Waals surface area contributed by atoms with Crippen LogP contribution in [0.2, 0.25) is 5.02 Å². The Kier molecular flexibility index (Phi) is 5.80. The van der Waals surface area contributed by atoms with Crippen molar-refractivity contribution >= 4 is 23.5 Å². The molecule has 0 aliphatic heterocycles. The van der Waals surface area contributed by atoms with E-state index in [1.807, 2.05) is 42.5 Å². The molecule has 3 aromatic rings. The molecule has 0 amide bonds. The molecular formula is C21H17ClN2O3. The van der Waals surface area contributed by atoms with Crippen molar-refractivity contribution in [2.24, 2.45) is 0 Å². The summed E-state index contributed by atoms with van der Waals surface area (Å²) >= 11 is 6.36. The Bertz CT molecular complexity index is 990. The van der Waals surface area contributed by atoms with Crippen LogP contribution in [0.25, 0.3) is 22.5 Å². The predicted octanol–water partition coefficient (Wildman–Crippen LogP) is 5.11. The number of anilines is 1. The molecule has 0 spiro atoms. The summed E-state index contributed by atoms with van der Waals surface area (Å²) in [5.74, 6) is 0.296. The van der Waals surface area contributed by atoms with E-state index in [-0.39, 0.29) is 13.2 Å². The lowest BCUT2D eigenvalue weighted by molar-refractivity contribution is -0.140. The number of nitrogens with zero attached hydrogens (tertiary/aromatic N) is 1. The number of benzene rings is 2. The van der Waals surface area contributed by atoms with Crippen molar-refractivity contribution in [3.05, 3.63) is 65.2 Å². The minimum absolute atomic E-state index is 0.0854. The van der Waals surface area contributed by atoms with Crippen LogP contribution in [0.4, 0.5) is 5.88 Å². The van der Waals surface area contributed by atoms with Gasteiger partial charge in [-0.3, -0.25) is 4.79 Å². The minimum Gasteiger partial charge on any atom is -0.465 e. The second-order valence-corrected chi connectivity index (χ2v) is 6.03. The maximum atomic E-state index is 11.7. The van der Waals surface area contributed by atoms with Crippen LogP contribution in [0.3, 0.4) is 0 Å². The van der Waals surface area contributed by atoms with Gasteiger partial charge in [0.15, 0.2) is 5.76 Å². The van der Waals surface area contributed by atoms with Crippen molar-refractivity contribution in [2.45, 2.75) is 6.92 Å². The molecule has 0 saturated carbocycles. The molecule has 0 aliphatic rings. The summed E-state index contributed by atoms with van der Waals surface area (Å²) in [5.41, 5.74) is 2.27. The number of halogens is 1. The van der Waals surface area contributed by atoms with Crippen molar-refractivity contribution in [2.75, 3.05) is 18.5 Å². The molecule has 0 aliphatic carbocycles. The number of rotatable bonds is 6. The van der Waals surface area contributed by atoms with Gasteiger partial charge in [0, 0.05) is 16.1 Å². The van der Waals surface area contributed by atoms with Crippen molar-refractivity contribution in [1.29, 1.82) is 5.26 Å². The number of hydrogen-bond acceptors (Lipinski definition) is 5. The number of ether oxygens (including phenoxy) is 1. The zero-order chi connectivity index (χ0) is 19.2. The van der Waals surface area contributed by atoms with E-state index in [1.165, 1.54) is 0 Å². The van der Waals surface area contributed by atoms with Gasteiger partial charge in [-0.1, -0.05) is 60.1 Å². The Balaban J connectivity index is 2.13. The van der Waals surface area contributed by atoms with Gasteiger partial charge in [-0.15, -0.1) is 0 Å². The number of nitriles is 1. The van der Waals surface area contributed by atoms with Crippen LogP contribution < -0.4 is 5.32 Å². The van der Waals surface area contributed by atoms with Gasteiger partial charge >= 0.3 is 5.97 Å². The van der Waals surface area contributed by atoms with Gasteiger partial charge in [-0.05, 0) is 13.0 Å². The molecule has 0 bridgehead atoms. The van der Waals surface area contributed by atoms with E-state index >= 15 is 0 Å². The zero-order valence-electron chi connectivity index (χ0n) is 14.7. The van der Waals surface area contributed by atoms with Gasteiger partial charge in [0.2, 0.25) is 5.88 Å². The quantitative estimate of drug-likeness (QED) is 0.601. The molecule has 1 aromatic heterocycles. The van der Waals surface area contributed by atoms with E-state index in [0.29, 0.717) is 33.4 Å². The third-order valence-corrected chi connectivity index (χ3v) is 4.23. The van der Waals surface area contributed by atoms with Crippen LogP contribution in [0.1, 0.15) is 12.5 Å². The van der Waals surface area contributed by atoms with Gasteiger partial charge in [0.1, 0.15) is 18.2 Å². The van der Waals surface area contributed by atoms with E-state index in [1.54, 1.807) is 19.1 Å². The fourth-order valence-corrected chi connectivity index (χ4v) is 2.97.